The normalized spacial score (nSPS) is 11.3. The van der Waals surface area contributed by atoms with E-state index in [0.717, 1.165) is 0 Å². The summed E-state index contributed by atoms with van der Waals surface area (Å²) in [6.45, 7) is 0. The Kier molecular flexibility index (Phi) is 5.41. The molecule has 0 spiro atoms. The van der Waals surface area contributed by atoms with Crippen molar-refractivity contribution < 1.29 is 18.3 Å². The number of hydrogen-bond donors (Lipinski definition) is 2. The zero-order valence-electron chi connectivity index (χ0n) is 11.4. The van der Waals surface area contributed by atoms with Crippen LogP contribution in [0.2, 0.25) is 15.1 Å². The van der Waals surface area contributed by atoms with Gasteiger partial charge in [0.05, 0.1) is 25.7 Å². The van der Waals surface area contributed by atoms with E-state index >= 15 is 0 Å². The second-order valence-electron chi connectivity index (χ2n) is 4.46. The number of aromatic carboxylic acids is 1. The zero-order valence-corrected chi connectivity index (χ0v) is 14.5. The lowest BCUT2D eigenvalue weighted by molar-refractivity contribution is 0.0697. The molecule has 0 atom stereocenters. The summed E-state index contributed by atoms with van der Waals surface area (Å²) in [7, 11) is -3.62. The molecule has 0 bridgehead atoms. The van der Waals surface area contributed by atoms with Crippen molar-refractivity contribution in [2.24, 2.45) is 0 Å². The zero-order chi connectivity index (χ0) is 17.2. The van der Waals surface area contributed by atoms with Crippen molar-refractivity contribution in [1.82, 2.24) is 0 Å². The van der Waals surface area contributed by atoms with Crippen molar-refractivity contribution in [3.63, 3.8) is 0 Å². The molecule has 0 aliphatic carbocycles. The van der Waals surface area contributed by atoms with E-state index in [1.54, 1.807) is 18.2 Å². The molecule has 23 heavy (non-hydrogen) atoms. The molecule has 2 aromatic carbocycles. The number of rotatable bonds is 5. The van der Waals surface area contributed by atoms with Crippen LogP contribution in [0.5, 0.6) is 0 Å². The molecular weight excluding hydrogens is 385 g/mol. The van der Waals surface area contributed by atoms with Crippen LogP contribution in [0.4, 0.5) is 5.69 Å². The highest BCUT2D eigenvalue weighted by Gasteiger charge is 2.21. The van der Waals surface area contributed by atoms with Gasteiger partial charge in [-0.25, -0.2) is 13.2 Å². The molecule has 9 heteroatoms. The Morgan fingerprint density at radius 1 is 1.09 bits per heavy atom. The molecule has 2 rings (SSSR count). The van der Waals surface area contributed by atoms with Crippen molar-refractivity contribution in [2.75, 3.05) is 11.2 Å². The maximum Gasteiger partial charge on any atom is 0.338 e. The molecule has 0 aliphatic heterocycles. The largest absolute Gasteiger partial charge is 0.478 e. The fourth-order valence-corrected chi connectivity index (χ4v) is 3.67. The van der Waals surface area contributed by atoms with Gasteiger partial charge in [-0.2, -0.15) is 0 Å². The molecule has 0 aliphatic rings. The van der Waals surface area contributed by atoms with Crippen LogP contribution in [0, 0.1) is 0 Å². The van der Waals surface area contributed by atoms with E-state index in [1.165, 1.54) is 18.2 Å². The van der Waals surface area contributed by atoms with Crippen LogP contribution in [0.15, 0.2) is 41.3 Å². The lowest BCUT2D eigenvalue weighted by Gasteiger charge is -2.13. The van der Waals surface area contributed by atoms with Crippen LogP contribution in [-0.4, -0.2) is 25.4 Å². The van der Waals surface area contributed by atoms with Gasteiger partial charge in [-0.3, -0.25) is 0 Å². The quantitative estimate of drug-likeness (QED) is 0.743. The fraction of sp³-hybridized carbons (Fsp3) is 0.0714. The first-order chi connectivity index (χ1) is 10.7. The lowest BCUT2D eigenvalue weighted by Crippen LogP contribution is -2.15. The van der Waals surface area contributed by atoms with Crippen molar-refractivity contribution in [3.8, 4) is 0 Å². The van der Waals surface area contributed by atoms with Gasteiger partial charge in [-0.15, -0.1) is 0 Å². The Balaban J connectivity index is 2.33. The summed E-state index contributed by atoms with van der Waals surface area (Å²) in [4.78, 5) is 11.3. The Bertz CT molecular complexity index is 854. The maximum atomic E-state index is 12.2. The molecular formula is C14H10Cl3NO4S. The number of benzene rings is 2. The van der Waals surface area contributed by atoms with Gasteiger partial charge < -0.3 is 10.4 Å². The molecule has 2 aromatic rings. The summed E-state index contributed by atoms with van der Waals surface area (Å²) in [6.07, 6.45) is 0. The second kappa shape index (κ2) is 6.97. The van der Waals surface area contributed by atoms with Crippen molar-refractivity contribution in [1.29, 1.82) is 0 Å². The molecule has 0 unspecified atom stereocenters. The second-order valence-corrected chi connectivity index (χ2v) is 7.62. The number of carboxylic acid groups (broad SMARTS) is 1. The molecule has 0 radical (unpaired) electrons. The van der Waals surface area contributed by atoms with Crippen molar-refractivity contribution >= 4 is 56.3 Å². The molecule has 0 aromatic heterocycles. The first-order valence-corrected chi connectivity index (χ1v) is 8.95. The van der Waals surface area contributed by atoms with Crippen molar-refractivity contribution in [3.05, 3.63) is 57.0 Å². The third-order valence-corrected chi connectivity index (χ3v) is 5.62. The van der Waals surface area contributed by atoms with Crippen LogP contribution in [0.25, 0.3) is 0 Å². The Hall–Kier alpha value is -1.47. The molecule has 0 saturated carbocycles. The Morgan fingerprint density at radius 2 is 1.70 bits per heavy atom. The molecule has 122 valence electrons. The monoisotopic (exact) mass is 393 g/mol. The van der Waals surface area contributed by atoms with E-state index < -0.39 is 21.7 Å². The van der Waals surface area contributed by atoms with E-state index in [2.05, 4.69) is 5.32 Å². The molecule has 0 heterocycles. The summed E-state index contributed by atoms with van der Waals surface area (Å²) in [5.41, 5.74) is -0.321. The fourth-order valence-electron chi connectivity index (χ4n) is 1.80. The Morgan fingerprint density at radius 3 is 2.26 bits per heavy atom. The highest BCUT2D eigenvalue weighted by atomic mass is 35.5. The number of carbonyl (C=O) groups is 1. The van der Waals surface area contributed by atoms with Gasteiger partial charge in [0.1, 0.15) is 11.4 Å². The number of nitrogens with one attached hydrogen (secondary N) is 1. The molecule has 2 N–H and O–H groups in total. The van der Waals surface area contributed by atoms with E-state index in [1.807, 2.05) is 0 Å². The van der Waals surface area contributed by atoms with Crippen molar-refractivity contribution in [2.45, 2.75) is 4.90 Å². The SMILES string of the molecule is O=C(O)c1c(Cl)c(Cl)cc(NCS(=O)(=O)c2ccccc2)c1Cl. The van der Waals surface area contributed by atoms with Gasteiger partial charge in [-0.1, -0.05) is 53.0 Å². The van der Waals surface area contributed by atoms with Gasteiger partial charge in [0.2, 0.25) is 0 Å². The standard InChI is InChI=1S/C14H10Cl3NO4S/c15-9-6-10(13(17)11(12(9)16)14(19)20)18-7-23(21,22)8-4-2-1-3-5-8/h1-6,18H,7H2,(H,19,20). The van der Waals surface area contributed by atoms with Gasteiger partial charge in [0, 0.05) is 0 Å². The van der Waals surface area contributed by atoms with Gasteiger partial charge in [-0.05, 0) is 18.2 Å². The summed E-state index contributed by atoms with van der Waals surface area (Å²) in [6, 6.07) is 9.08. The minimum atomic E-state index is -3.62. The van der Waals surface area contributed by atoms with Gasteiger partial charge >= 0.3 is 5.97 Å². The average Bonchev–Trinajstić information content (AvgIpc) is 2.50. The minimum Gasteiger partial charge on any atom is -0.478 e. The number of sulfone groups is 1. The predicted octanol–water partition coefficient (Wildman–Crippen LogP) is 4.19. The molecule has 0 amide bonds. The number of carboxylic acids is 1. The molecule has 0 saturated heterocycles. The number of hydrogen-bond acceptors (Lipinski definition) is 4. The summed E-state index contributed by atoms with van der Waals surface area (Å²) < 4.78 is 24.4. The van der Waals surface area contributed by atoms with Crippen LogP contribution in [0.1, 0.15) is 10.4 Å². The molecule has 5 nitrogen and oxygen atoms in total. The summed E-state index contributed by atoms with van der Waals surface area (Å²) in [5.74, 6) is -1.84. The summed E-state index contributed by atoms with van der Waals surface area (Å²) in [5, 5.41) is 11.2. The van der Waals surface area contributed by atoms with Crippen LogP contribution < -0.4 is 5.32 Å². The third-order valence-electron chi connectivity index (χ3n) is 2.93. The van der Waals surface area contributed by atoms with Gasteiger partial charge in [0.15, 0.2) is 9.84 Å². The molecule has 0 fully saturated rings. The maximum absolute atomic E-state index is 12.2. The topological polar surface area (TPSA) is 83.5 Å². The van der Waals surface area contributed by atoms with Gasteiger partial charge in [0.25, 0.3) is 0 Å². The van der Waals surface area contributed by atoms with Crippen LogP contribution >= 0.6 is 34.8 Å². The number of halogens is 3. The van der Waals surface area contributed by atoms with E-state index in [-0.39, 0.29) is 31.2 Å². The van der Waals surface area contributed by atoms with E-state index in [9.17, 15) is 13.2 Å². The predicted molar refractivity (Wildman–Crippen MR) is 90.5 cm³/mol. The average molecular weight is 395 g/mol. The third kappa shape index (κ3) is 3.90. The van der Waals surface area contributed by atoms with E-state index in [4.69, 9.17) is 39.9 Å². The lowest BCUT2D eigenvalue weighted by atomic mass is 10.2. The minimum absolute atomic E-state index is 0.0481. The van der Waals surface area contributed by atoms with Crippen LogP contribution in [-0.2, 0) is 9.84 Å². The smallest absolute Gasteiger partial charge is 0.338 e. The first kappa shape index (κ1) is 17.9. The highest BCUT2D eigenvalue weighted by Crippen LogP contribution is 2.37. The Labute approximate surface area is 147 Å². The number of anilines is 1. The first-order valence-electron chi connectivity index (χ1n) is 6.16. The van der Waals surface area contributed by atoms with Crippen LogP contribution in [0.3, 0.4) is 0 Å². The van der Waals surface area contributed by atoms with E-state index in [0.29, 0.717) is 0 Å². The highest BCUT2D eigenvalue weighted by molar-refractivity contribution is 7.91. The summed E-state index contributed by atoms with van der Waals surface area (Å²) >= 11 is 17.6.